The topological polar surface area (TPSA) is 38.3 Å². The fraction of sp³-hybridized carbons (Fsp3) is 0.533. The van der Waals surface area contributed by atoms with E-state index in [0.29, 0.717) is 11.3 Å². The molecule has 0 atom stereocenters. The Hall–Kier alpha value is -1.58. The van der Waals surface area contributed by atoms with Gasteiger partial charge in [0.05, 0.1) is 13.5 Å². The molecule has 1 fully saturated rings. The van der Waals surface area contributed by atoms with Gasteiger partial charge in [0.15, 0.2) is 0 Å². The highest BCUT2D eigenvalue weighted by atomic mass is 19.1. The first-order chi connectivity index (χ1) is 9.19. The highest BCUT2D eigenvalue weighted by molar-refractivity contribution is 5.79. The van der Waals surface area contributed by atoms with E-state index in [1.807, 2.05) is 0 Å². The van der Waals surface area contributed by atoms with Crippen LogP contribution in [0.3, 0.4) is 0 Å². The van der Waals surface area contributed by atoms with Gasteiger partial charge in [0.2, 0.25) is 5.91 Å². The van der Waals surface area contributed by atoms with Gasteiger partial charge in [0.25, 0.3) is 0 Å². The zero-order valence-electron chi connectivity index (χ0n) is 11.2. The zero-order chi connectivity index (χ0) is 13.7. The predicted molar refractivity (Wildman–Crippen MR) is 71.7 cm³/mol. The Labute approximate surface area is 113 Å². The van der Waals surface area contributed by atoms with Gasteiger partial charge in [-0.1, -0.05) is 19.3 Å². The SMILES string of the molecule is COc1ccc(F)cc1CC(=O)NC1CCCCC1. The number of benzene rings is 1. The van der Waals surface area contributed by atoms with Crippen LogP contribution in [0.25, 0.3) is 0 Å². The average molecular weight is 265 g/mol. The maximum Gasteiger partial charge on any atom is 0.224 e. The number of ether oxygens (including phenoxy) is 1. The van der Waals surface area contributed by atoms with E-state index in [4.69, 9.17) is 4.74 Å². The van der Waals surface area contributed by atoms with Gasteiger partial charge >= 0.3 is 0 Å². The van der Waals surface area contributed by atoms with Crippen molar-refractivity contribution in [1.82, 2.24) is 5.32 Å². The summed E-state index contributed by atoms with van der Waals surface area (Å²) < 4.78 is 18.3. The third-order valence-corrected chi connectivity index (χ3v) is 3.56. The molecule has 0 radical (unpaired) electrons. The number of nitrogens with one attached hydrogen (secondary N) is 1. The minimum atomic E-state index is -0.346. The summed E-state index contributed by atoms with van der Waals surface area (Å²) in [6.07, 6.45) is 5.86. The van der Waals surface area contributed by atoms with Crippen LogP contribution in [-0.2, 0) is 11.2 Å². The quantitative estimate of drug-likeness (QED) is 0.909. The lowest BCUT2D eigenvalue weighted by molar-refractivity contribution is -0.121. The Morgan fingerprint density at radius 1 is 1.37 bits per heavy atom. The van der Waals surface area contributed by atoms with Crippen LogP contribution in [0.1, 0.15) is 37.7 Å². The highest BCUT2D eigenvalue weighted by Gasteiger charge is 2.17. The van der Waals surface area contributed by atoms with Crippen molar-refractivity contribution in [3.8, 4) is 5.75 Å². The molecule has 0 unspecified atom stereocenters. The number of hydrogen-bond donors (Lipinski definition) is 1. The first-order valence-corrected chi connectivity index (χ1v) is 6.81. The van der Waals surface area contributed by atoms with E-state index in [9.17, 15) is 9.18 Å². The normalized spacial score (nSPS) is 16.1. The number of amides is 1. The maximum atomic E-state index is 13.2. The molecule has 0 saturated heterocycles. The molecule has 19 heavy (non-hydrogen) atoms. The largest absolute Gasteiger partial charge is 0.496 e. The number of rotatable bonds is 4. The van der Waals surface area contributed by atoms with Crippen molar-refractivity contribution < 1.29 is 13.9 Å². The summed E-state index contributed by atoms with van der Waals surface area (Å²) in [4.78, 5) is 12.0. The van der Waals surface area contributed by atoms with Crippen LogP contribution in [-0.4, -0.2) is 19.1 Å². The lowest BCUT2D eigenvalue weighted by atomic mass is 9.95. The molecule has 0 aromatic heterocycles. The Kier molecular flexibility index (Phi) is 4.77. The van der Waals surface area contributed by atoms with Gasteiger partial charge in [0.1, 0.15) is 11.6 Å². The molecule has 4 heteroatoms. The summed E-state index contributed by atoms with van der Waals surface area (Å²) in [5.74, 6) is 0.150. The minimum Gasteiger partial charge on any atom is -0.496 e. The summed E-state index contributed by atoms with van der Waals surface area (Å²) in [5, 5.41) is 3.02. The number of carbonyl (C=O) groups is 1. The zero-order valence-corrected chi connectivity index (χ0v) is 11.2. The molecule has 0 aliphatic heterocycles. The first-order valence-electron chi connectivity index (χ1n) is 6.81. The Balaban J connectivity index is 1.95. The second-order valence-corrected chi connectivity index (χ2v) is 5.04. The van der Waals surface area contributed by atoms with Crippen molar-refractivity contribution in [3.63, 3.8) is 0 Å². The van der Waals surface area contributed by atoms with Crippen molar-refractivity contribution in [2.45, 2.75) is 44.6 Å². The smallest absolute Gasteiger partial charge is 0.224 e. The summed E-state index contributed by atoms with van der Waals surface area (Å²) in [6.45, 7) is 0. The Morgan fingerprint density at radius 2 is 2.11 bits per heavy atom. The van der Waals surface area contributed by atoms with Gasteiger partial charge < -0.3 is 10.1 Å². The van der Waals surface area contributed by atoms with E-state index >= 15 is 0 Å². The Bertz CT molecular complexity index is 442. The van der Waals surface area contributed by atoms with Crippen molar-refractivity contribution in [3.05, 3.63) is 29.6 Å². The van der Waals surface area contributed by atoms with Crippen LogP contribution in [0.15, 0.2) is 18.2 Å². The first kappa shape index (κ1) is 13.8. The molecule has 104 valence electrons. The number of carbonyl (C=O) groups excluding carboxylic acids is 1. The molecule has 2 rings (SSSR count). The van der Waals surface area contributed by atoms with Crippen LogP contribution in [0.2, 0.25) is 0 Å². The maximum absolute atomic E-state index is 13.2. The van der Waals surface area contributed by atoms with Crippen molar-refractivity contribution >= 4 is 5.91 Å². The molecule has 1 aliphatic rings. The molecule has 0 bridgehead atoms. The third-order valence-electron chi connectivity index (χ3n) is 3.56. The van der Waals surface area contributed by atoms with E-state index in [1.54, 1.807) is 6.07 Å². The molecule has 1 saturated carbocycles. The van der Waals surface area contributed by atoms with Gasteiger partial charge in [-0.05, 0) is 31.0 Å². The predicted octanol–water partition coefficient (Wildman–Crippen LogP) is 2.83. The minimum absolute atomic E-state index is 0.0594. The van der Waals surface area contributed by atoms with Gasteiger partial charge in [-0.2, -0.15) is 0 Å². The van der Waals surface area contributed by atoms with Crippen molar-refractivity contribution in [1.29, 1.82) is 0 Å². The fourth-order valence-corrected chi connectivity index (χ4v) is 2.58. The summed E-state index contributed by atoms with van der Waals surface area (Å²) >= 11 is 0. The standard InChI is InChI=1S/C15H20FNO2/c1-19-14-8-7-12(16)9-11(14)10-15(18)17-13-5-3-2-4-6-13/h7-9,13H,2-6,10H2,1H3,(H,17,18). The van der Waals surface area contributed by atoms with Crippen molar-refractivity contribution in [2.75, 3.05) is 7.11 Å². The number of methoxy groups -OCH3 is 1. The molecule has 1 aromatic rings. The van der Waals surface area contributed by atoms with E-state index in [0.717, 1.165) is 12.8 Å². The van der Waals surface area contributed by atoms with Gasteiger partial charge in [-0.15, -0.1) is 0 Å². The van der Waals surface area contributed by atoms with Crippen LogP contribution in [0.4, 0.5) is 4.39 Å². The Morgan fingerprint density at radius 3 is 2.79 bits per heavy atom. The molecule has 1 aliphatic carbocycles. The average Bonchev–Trinajstić information content (AvgIpc) is 2.40. The monoisotopic (exact) mass is 265 g/mol. The summed E-state index contributed by atoms with van der Waals surface area (Å²) in [7, 11) is 1.52. The van der Waals surface area contributed by atoms with Crippen LogP contribution >= 0.6 is 0 Å². The highest BCUT2D eigenvalue weighted by Crippen LogP contribution is 2.21. The molecule has 0 heterocycles. The molecule has 3 nitrogen and oxygen atoms in total. The van der Waals surface area contributed by atoms with E-state index in [1.165, 1.54) is 38.5 Å². The van der Waals surface area contributed by atoms with Crippen molar-refractivity contribution in [2.24, 2.45) is 0 Å². The van der Waals surface area contributed by atoms with E-state index in [-0.39, 0.29) is 24.2 Å². The molecule has 0 spiro atoms. The molecule has 1 amide bonds. The number of hydrogen-bond acceptors (Lipinski definition) is 2. The van der Waals surface area contributed by atoms with E-state index in [2.05, 4.69) is 5.32 Å². The lowest BCUT2D eigenvalue weighted by Gasteiger charge is -2.22. The molecule has 1 N–H and O–H groups in total. The second kappa shape index (κ2) is 6.55. The summed E-state index contributed by atoms with van der Waals surface area (Å²) in [6, 6.07) is 4.53. The number of halogens is 1. The fourth-order valence-electron chi connectivity index (χ4n) is 2.58. The lowest BCUT2D eigenvalue weighted by Crippen LogP contribution is -2.37. The van der Waals surface area contributed by atoms with E-state index < -0.39 is 0 Å². The summed E-state index contributed by atoms with van der Waals surface area (Å²) in [5.41, 5.74) is 0.593. The van der Waals surface area contributed by atoms with Gasteiger partial charge in [-0.3, -0.25) is 4.79 Å². The van der Waals surface area contributed by atoms with Crippen LogP contribution < -0.4 is 10.1 Å². The van der Waals surface area contributed by atoms with Gasteiger partial charge in [0, 0.05) is 11.6 Å². The van der Waals surface area contributed by atoms with Crippen LogP contribution in [0, 0.1) is 5.82 Å². The second-order valence-electron chi connectivity index (χ2n) is 5.04. The molecular weight excluding hydrogens is 245 g/mol. The van der Waals surface area contributed by atoms with Crippen LogP contribution in [0.5, 0.6) is 5.75 Å². The molecule has 1 aromatic carbocycles. The molecular formula is C15H20FNO2. The van der Waals surface area contributed by atoms with Gasteiger partial charge in [-0.25, -0.2) is 4.39 Å². The third kappa shape index (κ3) is 3.94.